The number of amides is 1. The number of nitrogens with zero attached hydrogens (tertiary/aromatic N) is 2. The van der Waals surface area contributed by atoms with Crippen molar-refractivity contribution in [1.82, 2.24) is 9.78 Å². The molecule has 5 nitrogen and oxygen atoms in total. The molecule has 0 aliphatic carbocycles. The first-order chi connectivity index (χ1) is 15.0. The number of hydrogen-bond donors (Lipinski definition) is 1. The molecule has 0 unspecified atom stereocenters. The molecule has 0 radical (unpaired) electrons. The number of halogens is 2. The second-order valence-electron chi connectivity index (χ2n) is 6.83. The third-order valence-corrected chi connectivity index (χ3v) is 4.99. The molecule has 154 valence electrons. The Balaban J connectivity index is 1.97. The Morgan fingerprint density at radius 1 is 0.968 bits per heavy atom. The predicted octanol–water partition coefficient (Wildman–Crippen LogP) is 5.25. The summed E-state index contributed by atoms with van der Waals surface area (Å²) in [5.74, 6) is -1.22. The molecule has 31 heavy (non-hydrogen) atoms. The van der Waals surface area contributed by atoms with Gasteiger partial charge >= 0.3 is 0 Å². The van der Waals surface area contributed by atoms with Crippen LogP contribution in [-0.4, -0.2) is 15.7 Å². The Labute approximate surface area is 182 Å². The summed E-state index contributed by atoms with van der Waals surface area (Å²) in [6.07, 6.45) is 0. The molecule has 0 fully saturated rings. The molecular weight excluding hydrogens is 417 g/mol. The normalized spacial score (nSPS) is 10.7. The fourth-order valence-corrected chi connectivity index (χ4v) is 3.34. The summed E-state index contributed by atoms with van der Waals surface area (Å²) >= 11 is 6.01. The zero-order valence-corrected chi connectivity index (χ0v) is 17.2. The summed E-state index contributed by atoms with van der Waals surface area (Å²) in [6, 6.07) is 21.4. The maximum Gasteiger partial charge on any atom is 0.259 e. The van der Waals surface area contributed by atoms with Crippen LogP contribution in [0.2, 0.25) is 5.02 Å². The average molecular weight is 434 g/mol. The van der Waals surface area contributed by atoms with Gasteiger partial charge in [0.25, 0.3) is 5.91 Å². The van der Waals surface area contributed by atoms with E-state index in [2.05, 4.69) is 10.4 Å². The van der Waals surface area contributed by atoms with Crippen molar-refractivity contribution in [3.05, 3.63) is 111 Å². The predicted molar refractivity (Wildman–Crippen MR) is 119 cm³/mol. The van der Waals surface area contributed by atoms with Crippen LogP contribution in [0.5, 0.6) is 0 Å². The molecule has 1 heterocycles. The van der Waals surface area contributed by atoms with Gasteiger partial charge in [-0.1, -0.05) is 54.1 Å². The monoisotopic (exact) mass is 433 g/mol. The third-order valence-electron chi connectivity index (χ3n) is 4.74. The molecule has 0 bridgehead atoms. The number of carbonyl (C=O) groups excluding carboxylic acids is 1. The number of rotatable bonds is 4. The lowest BCUT2D eigenvalue weighted by Gasteiger charge is -2.18. The number of aryl methyl sites for hydroxylation is 1. The second kappa shape index (κ2) is 8.53. The molecule has 0 saturated carbocycles. The summed E-state index contributed by atoms with van der Waals surface area (Å²) in [5.41, 5.74) is 1.21. The summed E-state index contributed by atoms with van der Waals surface area (Å²) in [5, 5.41) is 7.61. The molecule has 0 atom stereocenters. The molecule has 1 aromatic heterocycles. The van der Waals surface area contributed by atoms with E-state index >= 15 is 0 Å². The van der Waals surface area contributed by atoms with Gasteiger partial charge in [0, 0.05) is 5.02 Å². The highest BCUT2D eigenvalue weighted by Gasteiger charge is 2.21. The molecular formula is C24H17ClFN3O2. The van der Waals surface area contributed by atoms with Gasteiger partial charge in [-0.3, -0.25) is 9.59 Å². The van der Waals surface area contributed by atoms with Crippen LogP contribution in [0.4, 0.5) is 10.2 Å². The van der Waals surface area contributed by atoms with Gasteiger partial charge in [-0.15, -0.1) is 0 Å². The van der Waals surface area contributed by atoms with Crippen molar-refractivity contribution in [3.8, 4) is 16.8 Å². The minimum absolute atomic E-state index is 0.136. The lowest BCUT2D eigenvalue weighted by Crippen LogP contribution is -2.25. The van der Waals surface area contributed by atoms with Crippen LogP contribution in [-0.2, 0) is 0 Å². The van der Waals surface area contributed by atoms with Gasteiger partial charge in [0.05, 0.1) is 16.8 Å². The van der Waals surface area contributed by atoms with E-state index in [0.29, 0.717) is 16.3 Å². The van der Waals surface area contributed by atoms with E-state index in [9.17, 15) is 14.0 Å². The Kier molecular flexibility index (Phi) is 5.64. The standard InChI is InChI=1S/C24H17ClFN3O2/c1-15-22(30)21(16-7-3-2-4-8-16)23(27-24(31)19-9-5-6-10-20(19)26)29(28-15)18-13-11-17(25)12-14-18/h2-14H,1H3,(H,27,31). The van der Waals surface area contributed by atoms with Crippen molar-refractivity contribution in [3.63, 3.8) is 0 Å². The molecule has 4 aromatic rings. The van der Waals surface area contributed by atoms with E-state index in [1.54, 1.807) is 61.5 Å². The van der Waals surface area contributed by atoms with Crippen LogP contribution < -0.4 is 10.7 Å². The number of nitrogens with one attached hydrogen (secondary N) is 1. The van der Waals surface area contributed by atoms with Crippen molar-refractivity contribution in [2.75, 3.05) is 5.32 Å². The molecule has 0 spiro atoms. The highest BCUT2D eigenvalue weighted by Crippen LogP contribution is 2.28. The van der Waals surface area contributed by atoms with E-state index in [1.807, 2.05) is 6.07 Å². The summed E-state index contributed by atoms with van der Waals surface area (Å²) in [6.45, 7) is 1.60. The molecule has 1 amide bonds. The average Bonchev–Trinajstić information content (AvgIpc) is 2.78. The first-order valence-electron chi connectivity index (χ1n) is 9.47. The van der Waals surface area contributed by atoms with Crippen molar-refractivity contribution >= 4 is 23.3 Å². The summed E-state index contributed by atoms with van der Waals surface area (Å²) < 4.78 is 15.7. The smallest absolute Gasteiger partial charge is 0.259 e. The molecule has 7 heteroatoms. The van der Waals surface area contributed by atoms with Crippen molar-refractivity contribution in [2.24, 2.45) is 0 Å². The largest absolute Gasteiger partial charge is 0.306 e. The summed E-state index contributed by atoms with van der Waals surface area (Å²) in [4.78, 5) is 26.0. The van der Waals surface area contributed by atoms with Crippen LogP contribution in [0.15, 0.2) is 83.7 Å². The molecule has 3 aromatic carbocycles. The number of anilines is 1. The van der Waals surface area contributed by atoms with E-state index in [-0.39, 0.29) is 28.1 Å². The minimum Gasteiger partial charge on any atom is -0.306 e. The first kappa shape index (κ1) is 20.5. The molecule has 0 saturated heterocycles. The number of hydrogen-bond acceptors (Lipinski definition) is 3. The summed E-state index contributed by atoms with van der Waals surface area (Å²) in [7, 11) is 0. The van der Waals surface area contributed by atoms with Crippen molar-refractivity contribution in [1.29, 1.82) is 0 Å². The fraction of sp³-hybridized carbons (Fsp3) is 0.0417. The lowest BCUT2D eigenvalue weighted by molar-refractivity contribution is 0.102. The number of carbonyl (C=O) groups is 1. The molecule has 0 aliphatic heterocycles. The topological polar surface area (TPSA) is 64.0 Å². The highest BCUT2D eigenvalue weighted by atomic mass is 35.5. The number of benzene rings is 3. The first-order valence-corrected chi connectivity index (χ1v) is 9.84. The fourth-order valence-electron chi connectivity index (χ4n) is 3.22. The Morgan fingerprint density at radius 3 is 2.29 bits per heavy atom. The Hall–Kier alpha value is -3.77. The van der Waals surface area contributed by atoms with Crippen molar-refractivity contribution < 1.29 is 9.18 Å². The number of aromatic nitrogens is 2. The molecule has 4 rings (SSSR count). The van der Waals surface area contributed by atoms with Gasteiger partial charge in [0.2, 0.25) is 5.43 Å². The van der Waals surface area contributed by atoms with E-state index in [0.717, 1.165) is 0 Å². The maximum absolute atomic E-state index is 14.2. The van der Waals surface area contributed by atoms with Crippen LogP contribution >= 0.6 is 11.6 Å². The zero-order valence-electron chi connectivity index (χ0n) is 16.5. The van der Waals surface area contributed by atoms with Crippen LogP contribution in [0.25, 0.3) is 16.8 Å². The zero-order chi connectivity index (χ0) is 22.0. The van der Waals surface area contributed by atoms with E-state index in [4.69, 9.17) is 11.6 Å². The Bertz CT molecular complexity index is 1320. The van der Waals surface area contributed by atoms with Crippen LogP contribution in [0.1, 0.15) is 16.1 Å². The van der Waals surface area contributed by atoms with E-state index in [1.165, 1.54) is 22.9 Å². The lowest BCUT2D eigenvalue weighted by atomic mass is 10.0. The van der Waals surface area contributed by atoms with Gasteiger partial charge in [-0.25, -0.2) is 9.07 Å². The second-order valence-corrected chi connectivity index (χ2v) is 7.26. The van der Waals surface area contributed by atoms with Gasteiger partial charge < -0.3 is 5.32 Å². The minimum atomic E-state index is -0.692. The van der Waals surface area contributed by atoms with Gasteiger partial charge in [-0.2, -0.15) is 5.10 Å². The molecule has 0 aliphatic rings. The maximum atomic E-state index is 14.2. The van der Waals surface area contributed by atoms with Gasteiger partial charge in [-0.05, 0) is 48.9 Å². The van der Waals surface area contributed by atoms with Crippen molar-refractivity contribution in [2.45, 2.75) is 6.92 Å². The Morgan fingerprint density at radius 2 is 1.61 bits per heavy atom. The van der Waals surface area contributed by atoms with E-state index < -0.39 is 11.7 Å². The van der Waals surface area contributed by atoms with Crippen LogP contribution in [0.3, 0.4) is 0 Å². The van der Waals surface area contributed by atoms with Gasteiger partial charge in [0.1, 0.15) is 17.3 Å². The third kappa shape index (κ3) is 4.11. The quantitative estimate of drug-likeness (QED) is 0.478. The van der Waals surface area contributed by atoms with Gasteiger partial charge in [0.15, 0.2) is 0 Å². The SMILES string of the molecule is Cc1nn(-c2ccc(Cl)cc2)c(NC(=O)c2ccccc2F)c(-c2ccccc2)c1=O. The highest BCUT2D eigenvalue weighted by molar-refractivity contribution is 6.30. The molecule has 1 N–H and O–H groups in total. The van der Waals surface area contributed by atoms with Crippen LogP contribution in [0, 0.1) is 12.7 Å².